The Kier molecular flexibility index (Phi) is 4.53. The Morgan fingerprint density at radius 1 is 1.33 bits per heavy atom. The molecule has 1 heterocycles. The van der Waals surface area contributed by atoms with Gasteiger partial charge in [-0.15, -0.1) is 0 Å². The quantitative estimate of drug-likeness (QED) is 0.657. The molecule has 3 heteroatoms. The van der Waals surface area contributed by atoms with Crippen LogP contribution in [0.5, 0.6) is 0 Å². The second kappa shape index (κ2) is 6.36. The molecule has 1 N–H and O–H groups in total. The van der Waals surface area contributed by atoms with Crippen LogP contribution in [0, 0.1) is 0 Å². The molecule has 1 fully saturated rings. The van der Waals surface area contributed by atoms with Crippen molar-refractivity contribution in [1.29, 1.82) is 0 Å². The fourth-order valence-electron chi connectivity index (χ4n) is 2.21. The fourth-order valence-corrected chi connectivity index (χ4v) is 2.21. The summed E-state index contributed by atoms with van der Waals surface area (Å²) in [6.07, 6.45) is 6.98. The van der Waals surface area contributed by atoms with E-state index < -0.39 is 0 Å². The van der Waals surface area contributed by atoms with Crippen molar-refractivity contribution in [3.05, 3.63) is 41.5 Å². The number of methoxy groups -OCH3 is 1. The van der Waals surface area contributed by atoms with Gasteiger partial charge in [0.2, 0.25) is 0 Å². The minimum Gasteiger partial charge on any atom is -0.466 e. The Hall–Kier alpha value is -1.61. The molecule has 0 aromatic heterocycles. The maximum atomic E-state index is 11.0. The van der Waals surface area contributed by atoms with Gasteiger partial charge in [0, 0.05) is 12.1 Å². The zero-order valence-electron chi connectivity index (χ0n) is 10.7. The second-order valence-electron chi connectivity index (χ2n) is 4.53. The van der Waals surface area contributed by atoms with Crippen LogP contribution < -0.4 is 5.32 Å². The number of carbonyl (C=O) groups excluding carboxylic acids is 1. The van der Waals surface area contributed by atoms with E-state index in [-0.39, 0.29) is 5.97 Å². The molecule has 1 aliphatic heterocycles. The molecule has 1 aliphatic rings. The van der Waals surface area contributed by atoms with Gasteiger partial charge in [0.15, 0.2) is 0 Å². The van der Waals surface area contributed by atoms with Crippen LogP contribution in [-0.2, 0) is 9.53 Å². The van der Waals surface area contributed by atoms with Crippen molar-refractivity contribution in [3.8, 4) is 0 Å². The minimum atomic E-state index is -0.326. The number of nitrogens with one attached hydrogen (secondary N) is 1. The van der Waals surface area contributed by atoms with E-state index in [1.165, 1.54) is 38.0 Å². The first-order chi connectivity index (χ1) is 8.79. The zero-order chi connectivity index (χ0) is 12.8. The lowest BCUT2D eigenvalue weighted by atomic mass is 9.97. The van der Waals surface area contributed by atoms with Crippen LogP contribution in [0.4, 0.5) is 0 Å². The molecule has 0 bridgehead atoms. The van der Waals surface area contributed by atoms with E-state index in [1.54, 1.807) is 6.08 Å². The number of esters is 1. The zero-order valence-corrected chi connectivity index (χ0v) is 10.7. The smallest absolute Gasteiger partial charge is 0.330 e. The molecule has 0 spiro atoms. The topological polar surface area (TPSA) is 38.3 Å². The first-order valence-electron chi connectivity index (χ1n) is 6.39. The Morgan fingerprint density at radius 3 is 2.72 bits per heavy atom. The highest BCUT2D eigenvalue weighted by atomic mass is 16.5. The van der Waals surface area contributed by atoms with Crippen LogP contribution in [0.1, 0.15) is 36.4 Å². The second-order valence-corrected chi connectivity index (χ2v) is 4.53. The largest absolute Gasteiger partial charge is 0.466 e. The summed E-state index contributed by atoms with van der Waals surface area (Å²) in [5.41, 5.74) is 2.34. The van der Waals surface area contributed by atoms with Crippen LogP contribution in [0.25, 0.3) is 6.08 Å². The maximum absolute atomic E-state index is 11.0. The summed E-state index contributed by atoms with van der Waals surface area (Å²) >= 11 is 0. The van der Waals surface area contributed by atoms with Gasteiger partial charge in [0.1, 0.15) is 0 Å². The van der Waals surface area contributed by atoms with Crippen LogP contribution in [-0.4, -0.2) is 19.6 Å². The van der Waals surface area contributed by atoms with Crippen LogP contribution in [0.2, 0.25) is 0 Å². The lowest BCUT2D eigenvalue weighted by molar-refractivity contribution is -0.134. The molecule has 1 aromatic carbocycles. The molecule has 0 radical (unpaired) electrons. The summed E-state index contributed by atoms with van der Waals surface area (Å²) in [6, 6.07) is 8.80. The Morgan fingerprint density at radius 2 is 2.11 bits per heavy atom. The van der Waals surface area contributed by atoms with Crippen molar-refractivity contribution < 1.29 is 9.53 Å². The number of hydrogen-bond donors (Lipinski definition) is 1. The normalized spacial score (nSPS) is 19.9. The highest BCUT2D eigenvalue weighted by Gasteiger charge is 2.13. The van der Waals surface area contributed by atoms with Crippen molar-refractivity contribution in [2.24, 2.45) is 0 Å². The molecular formula is C15H19NO2. The van der Waals surface area contributed by atoms with E-state index in [9.17, 15) is 4.79 Å². The standard InChI is InChI=1S/C15H19NO2/c1-18-15(17)10-7-12-5-8-13(9-6-12)14-4-2-3-11-16-14/h5-10,14,16H,2-4,11H2,1H3/b10-7+/t14-/m0/s1. The highest BCUT2D eigenvalue weighted by molar-refractivity contribution is 5.86. The highest BCUT2D eigenvalue weighted by Crippen LogP contribution is 2.23. The third-order valence-electron chi connectivity index (χ3n) is 3.26. The minimum absolute atomic E-state index is 0.326. The summed E-state index contributed by atoms with van der Waals surface area (Å²) in [6.45, 7) is 1.11. The Balaban J connectivity index is 2.00. The van der Waals surface area contributed by atoms with Crippen LogP contribution in [0.3, 0.4) is 0 Å². The summed E-state index contributed by atoms with van der Waals surface area (Å²) in [4.78, 5) is 11.0. The molecule has 1 atom stereocenters. The average molecular weight is 245 g/mol. The van der Waals surface area contributed by atoms with E-state index in [0.29, 0.717) is 6.04 Å². The number of carbonyl (C=O) groups is 1. The summed E-state index contributed by atoms with van der Waals surface area (Å²) < 4.78 is 4.56. The molecule has 0 amide bonds. The van der Waals surface area contributed by atoms with E-state index in [4.69, 9.17) is 0 Å². The SMILES string of the molecule is COC(=O)/C=C/c1ccc([C@@H]2CCCCN2)cc1. The van der Waals surface area contributed by atoms with Crippen LogP contribution in [0.15, 0.2) is 30.3 Å². The molecule has 0 unspecified atom stereocenters. The maximum Gasteiger partial charge on any atom is 0.330 e. The van der Waals surface area contributed by atoms with E-state index in [2.05, 4.69) is 22.2 Å². The lowest BCUT2D eigenvalue weighted by Crippen LogP contribution is -2.26. The van der Waals surface area contributed by atoms with Gasteiger partial charge in [-0.3, -0.25) is 0 Å². The van der Waals surface area contributed by atoms with E-state index in [0.717, 1.165) is 12.1 Å². The fraction of sp³-hybridized carbons (Fsp3) is 0.400. The van der Waals surface area contributed by atoms with Crippen molar-refractivity contribution in [2.75, 3.05) is 13.7 Å². The number of hydrogen-bond acceptors (Lipinski definition) is 3. The number of piperidine rings is 1. The van der Waals surface area contributed by atoms with Gasteiger partial charge in [-0.1, -0.05) is 30.7 Å². The first-order valence-corrected chi connectivity index (χ1v) is 6.39. The molecule has 0 saturated carbocycles. The number of rotatable bonds is 3. The predicted octanol–water partition coefficient (Wildman–Crippen LogP) is 2.69. The monoisotopic (exact) mass is 245 g/mol. The summed E-state index contributed by atoms with van der Waals surface area (Å²) in [5.74, 6) is -0.326. The third kappa shape index (κ3) is 3.44. The van der Waals surface area contributed by atoms with Crippen LogP contribution >= 0.6 is 0 Å². The lowest BCUT2D eigenvalue weighted by Gasteiger charge is -2.23. The van der Waals surface area contributed by atoms with E-state index >= 15 is 0 Å². The molecule has 2 rings (SSSR count). The van der Waals surface area contributed by atoms with Gasteiger partial charge in [-0.25, -0.2) is 4.79 Å². The van der Waals surface area contributed by atoms with Gasteiger partial charge >= 0.3 is 5.97 Å². The number of ether oxygens (including phenoxy) is 1. The Bertz CT molecular complexity index is 417. The third-order valence-corrected chi connectivity index (χ3v) is 3.26. The van der Waals surface area contributed by atoms with Crippen molar-refractivity contribution in [1.82, 2.24) is 5.32 Å². The average Bonchev–Trinajstić information content (AvgIpc) is 2.46. The molecule has 0 aliphatic carbocycles. The molecular weight excluding hydrogens is 226 g/mol. The van der Waals surface area contributed by atoms with E-state index in [1.807, 2.05) is 12.1 Å². The van der Waals surface area contributed by atoms with Crippen molar-refractivity contribution in [3.63, 3.8) is 0 Å². The molecule has 1 saturated heterocycles. The summed E-state index contributed by atoms with van der Waals surface area (Å²) in [7, 11) is 1.38. The predicted molar refractivity (Wildman–Crippen MR) is 72.1 cm³/mol. The number of benzene rings is 1. The summed E-state index contributed by atoms with van der Waals surface area (Å²) in [5, 5.41) is 3.52. The first kappa shape index (κ1) is 12.8. The Labute approximate surface area is 108 Å². The van der Waals surface area contributed by atoms with Gasteiger partial charge < -0.3 is 10.1 Å². The van der Waals surface area contributed by atoms with Gasteiger partial charge in [0.05, 0.1) is 7.11 Å². The molecule has 18 heavy (non-hydrogen) atoms. The van der Waals surface area contributed by atoms with Crippen molar-refractivity contribution in [2.45, 2.75) is 25.3 Å². The molecule has 3 nitrogen and oxygen atoms in total. The van der Waals surface area contributed by atoms with Gasteiger partial charge in [-0.2, -0.15) is 0 Å². The van der Waals surface area contributed by atoms with Gasteiger partial charge in [0.25, 0.3) is 0 Å². The molecule has 1 aromatic rings. The molecule has 96 valence electrons. The van der Waals surface area contributed by atoms with Crippen molar-refractivity contribution >= 4 is 12.0 Å². The van der Waals surface area contributed by atoms with Gasteiger partial charge in [-0.05, 0) is 36.6 Å².